The number of carbonyl (C=O) groups is 1. The minimum atomic E-state index is -3.70. The van der Waals surface area contributed by atoms with Crippen LogP contribution in [0.4, 0.5) is 0 Å². The van der Waals surface area contributed by atoms with Crippen molar-refractivity contribution in [1.29, 1.82) is 0 Å². The molecule has 1 aromatic heterocycles. The van der Waals surface area contributed by atoms with Crippen molar-refractivity contribution < 1.29 is 17.9 Å². The zero-order chi connectivity index (χ0) is 22.4. The van der Waals surface area contributed by atoms with E-state index in [0.29, 0.717) is 32.5 Å². The van der Waals surface area contributed by atoms with E-state index in [-0.39, 0.29) is 10.8 Å². The van der Waals surface area contributed by atoms with Gasteiger partial charge in [-0.1, -0.05) is 36.4 Å². The number of ether oxygens (including phenoxy) is 1. The maximum absolute atomic E-state index is 13.0. The molecule has 1 N–H and O–H groups in total. The van der Waals surface area contributed by atoms with E-state index in [4.69, 9.17) is 4.74 Å². The Morgan fingerprint density at radius 2 is 1.81 bits per heavy atom. The van der Waals surface area contributed by atoms with Gasteiger partial charge in [-0.05, 0) is 48.7 Å². The first-order valence-electron chi connectivity index (χ1n) is 10.5. The lowest BCUT2D eigenvalue weighted by molar-refractivity contribution is -0.124. The van der Waals surface area contributed by atoms with Crippen molar-refractivity contribution in [2.75, 3.05) is 6.54 Å². The molecule has 0 radical (unpaired) electrons. The highest BCUT2D eigenvalue weighted by molar-refractivity contribution is 7.89. The fraction of sp³-hybridized carbons (Fsp3) is 0.250. The quantitative estimate of drug-likeness (QED) is 0.568. The zero-order valence-electron chi connectivity index (χ0n) is 17.6. The van der Waals surface area contributed by atoms with E-state index in [0.717, 1.165) is 16.9 Å². The van der Waals surface area contributed by atoms with Crippen molar-refractivity contribution >= 4 is 15.9 Å². The zero-order valence-corrected chi connectivity index (χ0v) is 18.4. The van der Waals surface area contributed by atoms with Crippen LogP contribution in [0.15, 0.2) is 84.0 Å². The molecule has 8 heteroatoms. The van der Waals surface area contributed by atoms with Gasteiger partial charge in [0.1, 0.15) is 18.4 Å². The van der Waals surface area contributed by atoms with Gasteiger partial charge < -0.3 is 10.1 Å². The number of benzene rings is 2. The molecule has 2 heterocycles. The molecule has 1 aliphatic heterocycles. The molecule has 2 aromatic carbocycles. The Hall–Kier alpha value is -3.23. The summed E-state index contributed by atoms with van der Waals surface area (Å²) in [4.78, 5) is 17.1. The van der Waals surface area contributed by atoms with Crippen LogP contribution in [0.25, 0.3) is 0 Å². The summed E-state index contributed by atoms with van der Waals surface area (Å²) in [6.45, 7) is 1.09. The lowest BCUT2D eigenvalue weighted by Crippen LogP contribution is -2.45. The summed E-state index contributed by atoms with van der Waals surface area (Å²) in [6.07, 6.45) is 4.65. The Labute approximate surface area is 188 Å². The monoisotopic (exact) mass is 451 g/mol. The summed E-state index contributed by atoms with van der Waals surface area (Å²) in [7, 11) is -3.70. The smallest absolute Gasteiger partial charge is 0.243 e. The van der Waals surface area contributed by atoms with Crippen LogP contribution in [-0.2, 0) is 28.0 Å². The van der Waals surface area contributed by atoms with E-state index < -0.39 is 16.1 Å². The summed E-state index contributed by atoms with van der Waals surface area (Å²) >= 11 is 0. The highest BCUT2D eigenvalue weighted by Gasteiger charge is 2.39. The van der Waals surface area contributed by atoms with Crippen molar-refractivity contribution in [3.8, 4) is 5.75 Å². The fourth-order valence-electron chi connectivity index (χ4n) is 3.68. The third kappa shape index (κ3) is 5.15. The summed E-state index contributed by atoms with van der Waals surface area (Å²) < 4.78 is 33.0. The maximum atomic E-state index is 13.0. The van der Waals surface area contributed by atoms with Gasteiger partial charge in [-0.25, -0.2) is 8.42 Å². The minimum absolute atomic E-state index is 0.210. The molecule has 0 spiro atoms. The Morgan fingerprint density at radius 1 is 1.03 bits per heavy atom. The molecule has 0 bridgehead atoms. The molecule has 1 atom stereocenters. The first kappa shape index (κ1) is 22.0. The molecule has 3 aromatic rings. The number of carbonyl (C=O) groups excluding carboxylic acids is 1. The Kier molecular flexibility index (Phi) is 6.82. The Balaban J connectivity index is 1.33. The van der Waals surface area contributed by atoms with Crippen LogP contribution in [0.3, 0.4) is 0 Å². The molecule has 1 aliphatic rings. The number of nitrogens with zero attached hydrogens (tertiary/aromatic N) is 2. The highest BCUT2D eigenvalue weighted by atomic mass is 32.2. The largest absolute Gasteiger partial charge is 0.489 e. The molecule has 0 aliphatic carbocycles. The van der Waals surface area contributed by atoms with Crippen LogP contribution in [-0.4, -0.2) is 36.2 Å². The molecular formula is C24H25N3O4S. The van der Waals surface area contributed by atoms with E-state index in [2.05, 4.69) is 10.3 Å². The molecule has 32 heavy (non-hydrogen) atoms. The maximum Gasteiger partial charge on any atom is 0.243 e. The third-order valence-corrected chi connectivity index (χ3v) is 7.30. The number of hydrogen-bond donors (Lipinski definition) is 1. The molecule has 166 valence electrons. The van der Waals surface area contributed by atoms with E-state index in [1.165, 1.54) is 4.31 Å². The van der Waals surface area contributed by atoms with Crippen LogP contribution < -0.4 is 10.1 Å². The lowest BCUT2D eigenvalue weighted by atomic mass is 10.2. The third-order valence-electron chi connectivity index (χ3n) is 5.37. The normalized spacial score (nSPS) is 16.6. The van der Waals surface area contributed by atoms with Crippen molar-refractivity contribution in [3.05, 3.63) is 90.3 Å². The molecule has 0 saturated carbocycles. The van der Waals surface area contributed by atoms with Gasteiger partial charge in [0.25, 0.3) is 0 Å². The molecule has 4 rings (SSSR count). The second-order valence-electron chi connectivity index (χ2n) is 7.60. The second-order valence-corrected chi connectivity index (χ2v) is 9.49. The highest BCUT2D eigenvalue weighted by Crippen LogP contribution is 2.26. The second kappa shape index (κ2) is 9.93. The lowest BCUT2D eigenvalue weighted by Gasteiger charge is -2.23. The first-order chi connectivity index (χ1) is 15.5. The van der Waals surface area contributed by atoms with E-state index >= 15 is 0 Å². The fourth-order valence-corrected chi connectivity index (χ4v) is 5.36. The van der Waals surface area contributed by atoms with Gasteiger partial charge in [0, 0.05) is 31.0 Å². The standard InChI is InChI=1S/C24H25N3O4S/c28-24(23-9-5-15-27(23)32(29,30)22-7-2-1-3-8-22)26-17-19-10-12-21(13-11-19)31-18-20-6-4-14-25-16-20/h1-4,6-8,10-14,16,23H,5,9,15,17-18H2,(H,26,28). The summed E-state index contributed by atoms with van der Waals surface area (Å²) in [5, 5.41) is 2.88. The predicted molar refractivity (Wildman–Crippen MR) is 120 cm³/mol. The van der Waals surface area contributed by atoms with Crippen molar-refractivity contribution in [1.82, 2.24) is 14.6 Å². The number of amides is 1. The van der Waals surface area contributed by atoms with E-state index in [9.17, 15) is 13.2 Å². The van der Waals surface area contributed by atoms with Gasteiger partial charge in [-0.15, -0.1) is 0 Å². The average molecular weight is 452 g/mol. The number of sulfonamides is 1. The van der Waals surface area contributed by atoms with Crippen LogP contribution in [0.2, 0.25) is 0 Å². The topological polar surface area (TPSA) is 88.6 Å². The first-order valence-corrected chi connectivity index (χ1v) is 11.9. The van der Waals surface area contributed by atoms with Gasteiger partial charge in [0.05, 0.1) is 4.90 Å². The van der Waals surface area contributed by atoms with Crippen LogP contribution >= 0.6 is 0 Å². The number of nitrogens with one attached hydrogen (secondary N) is 1. The van der Waals surface area contributed by atoms with Crippen LogP contribution in [0, 0.1) is 0 Å². The van der Waals surface area contributed by atoms with Crippen molar-refractivity contribution in [3.63, 3.8) is 0 Å². The van der Waals surface area contributed by atoms with E-state index in [1.807, 2.05) is 36.4 Å². The summed E-state index contributed by atoms with van der Waals surface area (Å²) in [5.41, 5.74) is 1.89. The summed E-state index contributed by atoms with van der Waals surface area (Å²) in [5.74, 6) is 0.443. The summed E-state index contributed by atoms with van der Waals surface area (Å²) in [6, 6.07) is 18.8. The number of rotatable bonds is 8. The molecule has 1 unspecified atom stereocenters. The molecule has 1 fully saturated rings. The van der Waals surface area contributed by atoms with Crippen molar-refractivity contribution in [2.24, 2.45) is 0 Å². The van der Waals surface area contributed by atoms with Gasteiger partial charge >= 0.3 is 0 Å². The Morgan fingerprint density at radius 3 is 2.53 bits per heavy atom. The number of pyridine rings is 1. The Bertz CT molecular complexity index is 1140. The predicted octanol–water partition coefficient (Wildman–Crippen LogP) is 3.13. The number of aromatic nitrogens is 1. The van der Waals surface area contributed by atoms with Gasteiger partial charge in [0.2, 0.25) is 15.9 Å². The van der Waals surface area contributed by atoms with Crippen LogP contribution in [0.1, 0.15) is 24.0 Å². The minimum Gasteiger partial charge on any atom is -0.489 e. The number of hydrogen-bond acceptors (Lipinski definition) is 5. The van der Waals surface area contributed by atoms with E-state index in [1.54, 1.807) is 42.7 Å². The van der Waals surface area contributed by atoms with Gasteiger partial charge in [0.15, 0.2) is 0 Å². The molecular weight excluding hydrogens is 426 g/mol. The van der Waals surface area contributed by atoms with Gasteiger partial charge in [-0.3, -0.25) is 9.78 Å². The van der Waals surface area contributed by atoms with Crippen molar-refractivity contribution in [2.45, 2.75) is 36.9 Å². The molecule has 1 saturated heterocycles. The SMILES string of the molecule is O=C(NCc1ccc(OCc2cccnc2)cc1)C1CCCN1S(=O)(=O)c1ccccc1. The van der Waals surface area contributed by atoms with Gasteiger partial charge in [-0.2, -0.15) is 4.31 Å². The average Bonchev–Trinajstić information content (AvgIpc) is 3.34. The van der Waals surface area contributed by atoms with Crippen LogP contribution in [0.5, 0.6) is 5.75 Å². The molecule has 1 amide bonds. The molecule has 7 nitrogen and oxygen atoms in total.